The molecule has 0 spiro atoms. The molecule has 0 unspecified atom stereocenters. The number of aromatic nitrogens is 2. The number of amides is 3. The number of hydrogen-bond donors (Lipinski definition) is 4. The third kappa shape index (κ3) is 6.88. The number of rotatable bonds is 11. The van der Waals surface area contributed by atoms with Gasteiger partial charge in [0.2, 0.25) is 0 Å². The minimum Gasteiger partial charge on any atom is -0.382 e. The zero-order valence-electron chi connectivity index (χ0n) is 20.7. The summed E-state index contributed by atoms with van der Waals surface area (Å²) in [5, 5.41) is 16.9. The molecule has 0 aliphatic carbocycles. The van der Waals surface area contributed by atoms with Gasteiger partial charge in [-0.1, -0.05) is 36.0 Å². The van der Waals surface area contributed by atoms with Gasteiger partial charge >= 0.3 is 6.03 Å². The molecule has 1 heterocycles. The van der Waals surface area contributed by atoms with Gasteiger partial charge in [-0.05, 0) is 42.5 Å². The molecular weight excluding hydrogens is 490 g/mol. The largest absolute Gasteiger partial charge is 0.382 e. The lowest BCUT2D eigenvalue weighted by Gasteiger charge is -2.09. The van der Waals surface area contributed by atoms with Crippen LogP contribution < -0.4 is 16.0 Å². The molecule has 0 saturated carbocycles. The first kappa shape index (κ1) is 26.2. The van der Waals surface area contributed by atoms with Gasteiger partial charge in [-0.25, -0.2) is 4.79 Å². The zero-order chi connectivity index (χ0) is 26.0. The number of benzene rings is 3. The van der Waals surface area contributed by atoms with E-state index in [1.54, 1.807) is 14.2 Å². The Kier molecular flexibility index (Phi) is 9.14. The minimum absolute atomic E-state index is 0.115. The lowest BCUT2D eigenvalue weighted by Crippen LogP contribution is -2.31. The van der Waals surface area contributed by atoms with Crippen molar-refractivity contribution in [2.75, 3.05) is 45.8 Å². The Labute approximate surface area is 219 Å². The van der Waals surface area contributed by atoms with Crippen molar-refractivity contribution in [3.63, 3.8) is 0 Å². The van der Waals surface area contributed by atoms with E-state index in [0.717, 1.165) is 32.0 Å². The first-order chi connectivity index (χ1) is 18.1. The molecule has 4 aromatic rings. The minimum atomic E-state index is -0.295. The Bertz CT molecular complexity index is 1360. The van der Waals surface area contributed by atoms with Crippen molar-refractivity contribution in [2.24, 2.45) is 0 Å². The van der Waals surface area contributed by atoms with Crippen LogP contribution in [0, 0.1) is 0 Å². The summed E-state index contributed by atoms with van der Waals surface area (Å²) in [6.07, 6.45) is 0. The fourth-order valence-corrected chi connectivity index (χ4v) is 4.64. The fourth-order valence-electron chi connectivity index (χ4n) is 3.65. The van der Waals surface area contributed by atoms with Gasteiger partial charge in [0.1, 0.15) is 0 Å². The molecule has 0 atom stereocenters. The molecular formula is C27H29N5O4S. The maximum absolute atomic E-state index is 12.2. The number of carbonyl (C=O) groups is 2. The molecule has 3 amide bonds. The summed E-state index contributed by atoms with van der Waals surface area (Å²) < 4.78 is 10.2. The third-order valence-electron chi connectivity index (χ3n) is 5.50. The summed E-state index contributed by atoms with van der Waals surface area (Å²) in [6, 6.07) is 20.8. The van der Waals surface area contributed by atoms with Crippen molar-refractivity contribution < 1.29 is 19.1 Å². The van der Waals surface area contributed by atoms with Gasteiger partial charge < -0.3 is 25.4 Å². The highest BCUT2D eigenvalue weighted by molar-refractivity contribution is 7.99. The number of fused-ring (bicyclic) bond motifs is 1. The highest BCUT2D eigenvalue weighted by Gasteiger charge is 2.13. The molecule has 0 fully saturated rings. The predicted molar refractivity (Wildman–Crippen MR) is 145 cm³/mol. The lowest BCUT2D eigenvalue weighted by atomic mass is 10.1. The normalized spacial score (nSPS) is 10.9. The van der Waals surface area contributed by atoms with E-state index in [0.29, 0.717) is 37.6 Å². The van der Waals surface area contributed by atoms with E-state index in [9.17, 15) is 9.59 Å². The maximum atomic E-state index is 12.2. The average molecular weight is 520 g/mol. The highest BCUT2D eigenvalue weighted by Crippen LogP contribution is 2.34. The Balaban J connectivity index is 1.39. The number of ether oxygens (including phenoxy) is 2. The van der Waals surface area contributed by atoms with Crippen LogP contribution in [0.15, 0.2) is 76.5 Å². The van der Waals surface area contributed by atoms with Gasteiger partial charge in [-0.15, -0.1) is 0 Å². The molecule has 4 N–H and O–H groups in total. The SMILES string of the molecule is CNC(=O)c1ccccc1Sc1ccc2c(-c3ccc(NC(=O)NCCOCCOC)cc3)n[nH]c2c1. The van der Waals surface area contributed by atoms with Crippen LogP contribution in [-0.2, 0) is 9.47 Å². The van der Waals surface area contributed by atoms with Gasteiger partial charge in [-0.2, -0.15) is 5.10 Å². The molecule has 3 aromatic carbocycles. The smallest absolute Gasteiger partial charge is 0.319 e. The molecule has 192 valence electrons. The number of nitrogens with zero attached hydrogens (tertiary/aromatic N) is 1. The Morgan fingerprint density at radius 2 is 1.81 bits per heavy atom. The van der Waals surface area contributed by atoms with Crippen molar-refractivity contribution in [3.8, 4) is 11.3 Å². The van der Waals surface area contributed by atoms with Crippen LogP contribution in [0.25, 0.3) is 22.2 Å². The number of anilines is 1. The highest BCUT2D eigenvalue weighted by atomic mass is 32.2. The monoisotopic (exact) mass is 519 g/mol. The van der Waals surface area contributed by atoms with Gasteiger partial charge in [0.15, 0.2) is 0 Å². The van der Waals surface area contributed by atoms with Crippen molar-refractivity contribution in [3.05, 3.63) is 72.3 Å². The van der Waals surface area contributed by atoms with Crippen LogP contribution in [0.1, 0.15) is 10.4 Å². The van der Waals surface area contributed by atoms with E-state index in [4.69, 9.17) is 9.47 Å². The maximum Gasteiger partial charge on any atom is 0.319 e. The summed E-state index contributed by atoms with van der Waals surface area (Å²) in [5.41, 5.74) is 3.95. The summed E-state index contributed by atoms with van der Waals surface area (Å²) >= 11 is 1.53. The van der Waals surface area contributed by atoms with Crippen LogP contribution in [0.3, 0.4) is 0 Å². The van der Waals surface area contributed by atoms with Gasteiger partial charge in [0.25, 0.3) is 5.91 Å². The van der Waals surface area contributed by atoms with Gasteiger partial charge in [-0.3, -0.25) is 9.89 Å². The van der Waals surface area contributed by atoms with E-state index >= 15 is 0 Å². The second kappa shape index (κ2) is 12.9. The summed E-state index contributed by atoms with van der Waals surface area (Å²) in [7, 11) is 3.24. The number of aromatic amines is 1. The fraction of sp³-hybridized carbons (Fsp3) is 0.222. The standard InChI is InChI=1S/C27H29N5O4S/c1-28-26(33)22-5-3-4-6-24(22)37-20-11-12-21-23(17-20)31-32-25(21)18-7-9-19(10-8-18)30-27(34)29-13-14-36-16-15-35-2/h3-12,17H,13-16H2,1-2H3,(H,28,33)(H,31,32)(H2,29,30,34). The van der Waals surface area contributed by atoms with E-state index in [-0.39, 0.29) is 11.9 Å². The Morgan fingerprint density at radius 1 is 1.00 bits per heavy atom. The number of carbonyl (C=O) groups excluding carboxylic acids is 2. The predicted octanol–water partition coefficient (Wildman–Crippen LogP) is 4.53. The van der Waals surface area contributed by atoms with Crippen LogP contribution in [-0.4, -0.2) is 62.7 Å². The van der Waals surface area contributed by atoms with Crippen molar-refractivity contribution in [1.29, 1.82) is 0 Å². The number of hydrogen-bond acceptors (Lipinski definition) is 6. The Morgan fingerprint density at radius 3 is 2.59 bits per heavy atom. The van der Waals surface area contributed by atoms with Crippen LogP contribution in [0.5, 0.6) is 0 Å². The van der Waals surface area contributed by atoms with Gasteiger partial charge in [0, 0.05) is 47.1 Å². The van der Waals surface area contributed by atoms with Crippen molar-refractivity contribution in [2.45, 2.75) is 9.79 Å². The molecule has 0 saturated heterocycles. The molecule has 1 aromatic heterocycles. The Hall–Kier alpha value is -3.86. The average Bonchev–Trinajstić information content (AvgIpc) is 3.34. The zero-order valence-corrected chi connectivity index (χ0v) is 21.5. The molecule has 10 heteroatoms. The molecule has 37 heavy (non-hydrogen) atoms. The molecule has 0 radical (unpaired) electrons. The van der Waals surface area contributed by atoms with Crippen LogP contribution in [0.2, 0.25) is 0 Å². The number of nitrogens with one attached hydrogen (secondary N) is 4. The van der Waals surface area contributed by atoms with E-state index in [1.807, 2.05) is 66.7 Å². The molecule has 0 bridgehead atoms. The van der Waals surface area contributed by atoms with Crippen LogP contribution >= 0.6 is 11.8 Å². The molecule has 0 aliphatic rings. The number of urea groups is 1. The first-order valence-corrected chi connectivity index (χ1v) is 12.6. The number of H-pyrrole nitrogens is 1. The first-order valence-electron chi connectivity index (χ1n) is 11.8. The second-order valence-corrected chi connectivity index (χ2v) is 9.14. The van der Waals surface area contributed by atoms with Crippen LogP contribution in [0.4, 0.5) is 10.5 Å². The topological polar surface area (TPSA) is 117 Å². The summed E-state index contributed by atoms with van der Waals surface area (Å²) in [6.45, 7) is 1.85. The molecule has 4 rings (SSSR count). The second-order valence-electron chi connectivity index (χ2n) is 8.02. The molecule has 0 aliphatic heterocycles. The lowest BCUT2D eigenvalue weighted by molar-refractivity contribution is 0.0728. The number of methoxy groups -OCH3 is 1. The van der Waals surface area contributed by atoms with E-state index in [1.165, 1.54) is 11.8 Å². The van der Waals surface area contributed by atoms with Gasteiger partial charge in [0.05, 0.1) is 36.6 Å². The summed E-state index contributed by atoms with van der Waals surface area (Å²) in [4.78, 5) is 26.2. The van der Waals surface area contributed by atoms with Crippen molar-refractivity contribution >= 4 is 40.3 Å². The van der Waals surface area contributed by atoms with Crippen molar-refractivity contribution in [1.82, 2.24) is 20.8 Å². The molecule has 9 nitrogen and oxygen atoms in total. The third-order valence-corrected chi connectivity index (χ3v) is 6.57. The van der Waals surface area contributed by atoms with E-state index in [2.05, 4.69) is 26.1 Å². The summed E-state index contributed by atoms with van der Waals surface area (Å²) in [5.74, 6) is -0.115. The quantitative estimate of drug-likeness (QED) is 0.216. The van der Waals surface area contributed by atoms with E-state index < -0.39 is 0 Å².